The fraction of sp³-hybridized carbons (Fsp3) is 0.562. The van der Waals surface area contributed by atoms with Crippen LogP contribution in [-0.2, 0) is 13.5 Å². The van der Waals surface area contributed by atoms with E-state index in [1.54, 1.807) is 0 Å². The van der Waals surface area contributed by atoms with Gasteiger partial charge >= 0.3 is 0 Å². The number of aromatic nitrogens is 2. The minimum atomic E-state index is 0.190. The molecule has 0 radical (unpaired) electrons. The standard InChI is InChI=1S/C16H24ClN3O/c1-6-7-18-14(13-8-10(2)21-12(13)4)9-15-16(17)11(3)19-20(15)5/h8,14,18H,6-7,9H2,1-5H3. The van der Waals surface area contributed by atoms with Crippen LogP contribution in [0.2, 0.25) is 5.02 Å². The zero-order chi connectivity index (χ0) is 15.6. The third-order valence-electron chi connectivity index (χ3n) is 3.75. The number of rotatable bonds is 6. The van der Waals surface area contributed by atoms with Crippen LogP contribution in [0.1, 0.15) is 47.9 Å². The van der Waals surface area contributed by atoms with Crippen molar-refractivity contribution in [3.05, 3.63) is 39.6 Å². The van der Waals surface area contributed by atoms with Gasteiger partial charge in [-0.25, -0.2) is 0 Å². The average molecular weight is 310 g/mol. The summed E-state index contributed by atoms with van der Waals surface area (Å²) in [6.07, 6.45) is 1.89. The highest BCUT2D eigenvalue weighted by Gasteiger charge is 2.21. The summed E-state index contributed by atoms with van der Waals surface area (Å²) in [6.45, 7) is 9.06. The molecule has 2 heterocycles. The fourth-order valence-corrected chi connectivity index (χ4v) is 2.94. The summed E-state index contributed by atoms with van der Waals surface area (Å²) < 4.78 is 7.56. The summed E-state index contributed by atoms with van der Waals surface area (Å²) in [7, 11) is 1.94. The van der Waals surface area contributed by atoms with Gasteiger partial charge in [0.25, 0.3) is 0 Å². The molecule has 1 N–H and O–H groups in total. The second-order valence-electron chi connectivity index (χ2n) is 5.55. The zero-order valence-electron chi connectivity index (χ0n) is 13.5. The normalized spacial score (nSPS) is 12.9. The Bertz CT molecular complexity index is 615. The van der Waals surface area contributed by atoms with E-state index in [0.29, 0.717) is 0 Å². The molecule has 0 spiro atoms. The van der Waals surface area contributed by atoms with Gasteiger partial charge in [0, 0.05) is 25.1 Å². The van der Waals surface area contributed by atoms with E-state index < -0.39 is 0 Å². The molecule has 0 fully saturated rings. The summed E-state index contributed by atoms with van der Waals surface area (Å²) in [5.41, 5.74) is 3.14. The molecule has 2 aromatic rings. The number of hydrogen-bond acceptors (Lipinski definition) is 3. The lowest BCUT2D eigenvalue weighted by Gasteiger charge is -2.18. The topological polar surface area (TPSA) is 43.0 Å². The Kier molecular flexibility index (Phi) is 5.12. The maximum absolute atomic E-state index is 6.39. The molecule has 1 atom stereocenters. The minimum Gasteiger partial charge on any atom is -0.466 e. The molecule has 2 aromatic heterocycles. The largest absolute Gasteiger partial charge is 0.466 e. The molecule has 0 aliphatic rings. The van der Waals surface area contributed by atoms with Crippen molar-refractivity contribution in [3.8, 4) is 0 Å². The third-order valence-corrected chi connectivity index (χ3v) is 4.25. The van der Waals surface area contributed by atoms with E-state index in [9.17, 15) is 0 Å². The predicted octanol–water partition coefficient (Wildman–Crippen LogP) is 3.88. The quantitative estimate of drug-likeness (QED) is 0.880. The zero-order valence-corrected chi connectivity index (χ0v) is 14.2. The van der Waals surface area contributed by atoms with Crippen LogP contribution in [0.15, 0.2) is 10.5 Å². The number of aryl methyl sites for hydroxylation is 4. The molecular weight excluding hydrogens is 286 g/mol. The average Bonchev–Trinajstić information content (AvgIpc) is 2.87. The van der Waals surface area contributed by atoms with Crippen LogP contribution in [0.4, 0.5) is 0 Å². The number of hydrogen-bond donors (Lipinski definition) is 1. The van der Waals surface area contributed by atoms with Crippen molar-refractivity contribution in [2.24, 2.45) is 7.05 Å². The van der Waals surface area contributed by atoms with Gasteiger partial charge in [0.05, 0.1) is 16.4 Å². The van der Waals surface area contributed by atoms with Crippen molar-refractivity contribution in [2.45, 2.75) is 46.6 Å². The second kappa shape index (κ2) is 6.67. The fourth-order valence-electron chi connectivity index (χ4n) is 2.70. The predicted molar refractivity (Wildman–Crippen MR) is 85.9 cm³/mol. The number of halogens is 1. The Morgan fingerprint density at radius 2 is 2.10 bits per heavy atom. The summed E-state index contributed by atoms with van der Waals surface area (Å²) in [5, 5.41) is 8.75. The molecule has 0 bridgehead atoms. The van der Waals surface area contributed by atoms with Gasteiger partial charge in [0.15, 0.2) is 0 Å². The highest BCUT2D eigenvalue weighted by Crippen LogP contribution is 2.28. The van der Waals surface area contributed by atoms with E-state index in [2.05, 4.69) is 23.4 Å². The minimum absolute atomic E-state index is 0.190. The number of nitrogens with zero attached hydrogens (tertiary/aromatic N) is 2. The first-order valence-electron chi connectivity index (χ1n) is 7.42. The first-order chi connectivity index (χ1) is 9.93. The van der Waals surface area contributed by atoms with Gasteiger partial charge in [-0.15, -0.1) is 0 Å². The third kappa shape index (κ3) is 3.50. The van der Waals surface area contributed by atoms with Gasteiger partial charge in [-0.3, -0.25) is 4.68 Å². The van der Waals surface area contributed by atoms with Crippen molar-refractivity contribution in [1.82, 2.24) is 15.1 Å². The van der Waals surface area contributed by atoms with Crippen molar-refractivity contribution >= 4 is 11.6 Å². The Morgan fingerprint density at radius 1 is 1.38 bits per heavy atom. The Morgan fingerprint density at radius 3 is 2.57 bits per heavy atom. The van der Waals surface area contributed by atoms with E-state index >= 15 is 0 Å². The Balaban J connectivity index is 2.30. The van der Waals surface area contributed by atoms with Crippen LogP contribution in [0.3, 0.4) is 0 Å². The maximum Gasteiger partial charge on any atom is 0.105 e. The lowest BCUT2D eigenvalue weighted by molar-refractivity contribution is 0.475. The molecule has 0 amide bonds. The van der Waals surface area contributed by atoms with Gasteiger partial charge in [-0.1, -0.05) is 18.5 Å². The van der Waals surface area contributed by atoms with Crippen LogP contribution in [0, 0.1) is 20.8 Å². The number of furan rings is 1. The van der Waals surface area contributed by atoms with E-state index in [0.717, 1.165) is 47.3 Å². The summed E-state index contributed by atoms with van der Waals surface area (Å²) in [5.74, 6) is 1.91. The lowest BCUT2D eigenvalue weighted by Crippen LogP contribution is -2.25. The summed E-state index contributed by atoms with van der Waals surface area (Å²) in [4.78, 5) is 0. The maximum atomic E-state index is 6.39. The Hall–Kier alpha value is -1.26. The summed E-state index contributed by atoms with van der Waals surface area (Å²) >= 11 is 6.39. The molecule has 0 aromatic carbocycles. The van der Waals surface area contributed by atoms with Gasteiger partial charge in [-0.2, -0.15) is 5.10 Å². The SMILES string of the molecule is CCCNC(Cc1c(Cl)c(C)nn1C)c1cc(C)oc1C. The van der Waals surface area contributed by atoms with Crippen molar-refractivity contribution in [1.29, 1.82) is 0 Å². The highest BCUT2D eigenvalue weighted by molar-refractivity contribution is 6.31. The molecule has 21 heavy (non-hydrogen) atoms. The van der Waals surface area contributed by atoms with E-state index in [-0.39, 0.29) is 6.04 Å². The molecule has 116 valence electrons. The van der Waals surface area contributed by atoms with Crippen LogP contribution >= 0.6 is 11.6 Å². The van der Waals surface area contributed by atoms with Crippen LogP contribution in [0.25, 0.3) is 0 Å². The van der Waals surface area contributed by atoms with Crippen molar-refractivity contribution in [3.63, 3.8) is 0 Å². The van der Waals surface area contributed by atoms with Crippen molar-refractivity contribution < 1.29 is 4.42 Å². The highest BCUT2D eigenvalue weighted by atomic mass is 35.5. The molecule has 2 rings (SSSR count). The first-order valence-corrected chi connectivity index (χ1v) is 7.80. The smallest absolute Gasteiger partial charge is 0.105 e. The van der Waals surface area contributed by atoms with E-state index in [1.165, 1.54) is 5.56 Å². The van der Waals surface area contributed by atoms with Crippen LogP contribution in [0.5, 0.6) is 0 Å². The molecule has 1 unspecified atom stereocenters. The van der Waals surface area contributed by atoms with Gasteiger partial charge in [0.1, 0.15) is 11.5 Å². The molecule has 4 nitrogen and oxygen atoms in total. The summed E-state index contributed by atoms with van der Waals surface area (Å²) in [6, 6.07) is 2.30. The van der Waals surface area contributed by atoms with Crippen molar-refractivity contribution in [2.75, 3.05) is 6.54 Å². The van der Waals surface area contributed by atoms with E-state index in [1.807, 2.05) is 32.5 Å². The monoisotopic (exact) mass is 309 g/mol. The number of nitrogens with one attached hydrogen (secondary N) is 1. The van der Waals surface area contributed by atoms with Gasteiger partial charge in [-0.05, 0) is 39.8 Å². The van der Waals surface area contributed by atoms with Gasteiger partial charge < -0.3 is 9.73 Å². The molecule has 5 heteroatoms. The molecular formula is C16H24ClN3O. The second-order valence-corrected chi connectivity index (χ2v) is 5.93. The Labute approximate surface area is 131 Å². The molecule has 0 aliphatic carbocycles. The first kappa shape index (κ1) is 16.1. The lowest BCUT2D eigenvalue weighted by atomic mass is 10.0. The van der Waals surface area contributed by atoms with Crippen LogP contribution in [-0.4, -0.2) is 16.3 Å². The van der Waals surface area contributed by atoms with E-state index in [4.69, 9.17) is 16.0 Å². The van der Waals surface area contributed by atoms with Gasteiger partial charge in [0.2, 0.25) is 0 Å². The molecule has 0 aliphatic heterocycles. The molecule has 0 saturated carbocycles. The van der Waals surface area contributed by atoms with Crippen LogP contribution < -0.4 is 5.32 Å². The molecule has 0 saturated heterocycles.